The number of hydrogen-bond acceptors (Lipinski definition) is 9. The molecule has 1 aromatic heterocycles. The highest BCUT2D eigenvalue weighted by Gasteiger charge is 2.34. The maximum atomic E-state index is 13.2. The summed E-state index contributed by atoms with van der Waals surface area (Å²) in [5.74, 6) is -0.567. The van der Waals surface area contributed by atoms with Gasteiger partial charge >= 0.3 is 11.7 Å². The van der Waals surface area contributed by atoms with Crippen molar-refractivity contribution < 1.29 is 24.2 Å². The van der Waals surface area contributed by atoms with Crippen molar-refractivity contribution in [2.45, 2.75) is 26.7 Å². The van der Waals surface area contributed by atoms with Crippen LogP contribution in [0.3, 0.4) is 0 Å². The largest absolute Gasteiger partial charge is 0.508 e. The monoisotopic (exact) mass is 505 g/mol. The van der Waals surface area contributed by atoms with Gasteiger partial charge in [0.2, 0.25) is 0 Å². The van der Waals surface area contributed by atoms with Crippen LogP contribution >= 0.6 is 0 Å². The zero-order valence-corrected chi connectivity index (χ0v) is 20.8. The molecule has 1 atom stereocenters. The van der Waals surface area contributed by atoms with Crippen LogP contribution in [0.25, 0.3) is 5.69 Å². The summed E-state index contributed by atoms with van der Waals surface area (Å²) in [6.45, 7) is 5.40. The van der Waals surface area contributed by atoms with E-state index in [4.69, 9.17) is 9.47 Å². The minimum atomic E-state index is -0.669. The van der Waals surface area contributed by atoms with Crippen molar-refractivity contribution in [1.29, 1.82) is 0 Å². The number of hydrazine groups is 1. The Bertz CT molecular complexity index is 1440. The van der Waals surface area contributed by atoms with E-state index in [1.54, 1.807) is 57.2 Å². The van der Waals surface area contributed by atoms with E-state index in [2.05, 4.69) is 21.2 Å². The zero-order valence-electron chi connectivity index (χ0n) is 20.8. The van der Waals surface area contributed by atoms with Crippen LogP contribution in [0.1, 0.15) is 42.6 Å². The number of anilines is 2. The molecule has 3 aromatic rings. The third-order valence-electron chi connectivity index (χ3n) is 5.94. The average molecular weight is 506 g/mol. The van der Waals surface area contributed by atoms with E-state index in [0.29, 0.717) is 39.7 Å². The second kappa shape index (κ2) is 10.4. The number of aromatic nitrogens is 2. The van der Waals surface area contributed by atoms with Crippen LogP contribution in [0.2, 0.25) is 0 Å². The Kier molecular flexibility index (Phi) is 7.14. The molecule has 0 aliphatic carbocycles. The molecule has 192 valence electrons. The van der Waals surface area contributed by atoms with Crippen LogP contribution < -0.4 is 26.6 Å². The number of phenols is 1. The first kappa shape index (κ1) is 25.3. The normalized spacial score (nSPS) is 14.3. The first-order chi connectivity index (χ1) is 17.7. The molecule has 2 heterocycles. The molecule has 11 heteroatoms. The molecule has 1 aliphatic heterocycles. The summed E-state index contributed by atoms with van der Waals surface area (Å²) >= 11 is 0. The molecule has 2 aromatic carbocycles. The first-order valence-corrected chi connectivity index (χ1v) is 11.6. The SMILES string of the molecule is CCOC(=O)C1=C(C)Nc2c(c(NNC(=O)c3ccc(OC)cc3)nc(=O)n2-c2cccc(O)c2)C1C. The Morgan fingerprint density at radius 1 is 1.19 bits per heavy atom. The van der Waals surface area contributed by atoms with Crippen molar-refractivity contribution in [3.8, 4) is 17.2 Å². The van der Waals surface area contributed by atoms with Crippen molar-refractivity contribution in [1.82, 2.24) is 15.0 Å². The van der Waals surface area contributed by atoms with Gasteiger partial charge in [0.15, 0.2) is 5.82 Å². The summed E-state index contributed by atoms with van der Waals surface area (Å²) in [5, 5.41) is 13.1. The van der Waals surface area contributed by atoms with Crippen LogP contribution in [0.4, 0.5) is 11.6 Å². The highest BCUT2D eigenvalue weighted by molar-refractivity contribution is 5.96. The number of fused-ring (bicyclic) bond motifs is 1. The quantitative estimate of drug-likeness (QED) is 0.281. The second-order valence-corrected chi connectivity index (χ2v) is 8.27. The van der Waals surface area contributed by atoms with Crippen LogP contribution in [0.5, 0.6) is 11.5 Å². The number of ether oxygens (including phenoxy) is 2. The molecule has 1 amide bonds. The number of methoxy groups -OCH3 is 1. The standard InChI is InChI=1S/C26H27N5O6/c1-5-37-25(34)20-14(2)21-22(29-30-24(33)16-9-11-19(36-4)12-10-16)28-26(35)31(23(21)27-15(20)3)17-7-6-8-18(32)13-17/h6-14,27,32H,5H2,1-4H3,(H,30,33)(H,28,29,35). The van der Waals surface area contributed by atoms with E-state index < -0.39 is 23.5 Å². The number of aromatic hydroxyl groups is 1. The van der Waals surface area contributed by atoms with Crippen LogP contribution in [-0.2, 0) is 9.53 Å². The number of benzene rings is 2. The van der Waals surface area contributed by atoms with Gasteiger partial charge in [-0.1, -0.05) is 13.0 Å². The Morgan fingerprint density at radius 2 is 1.92 bits per heavy atom. The predicted octanol–water partition coefficient (Wildman–Crippen LogP) is 3.07. The maximum Gasteiger partial charge on any atom is 0.355 e. The second-order valence-electron chi connectivity index (χ2n) is 8.27. The molecule has 37 heavy (non-hydrogen) atoms. The van der Waals surface area contributed by atoms with Crippen molar-refractivity contribution in [3.63, 3.8) is 0 Å². The Hall–Kier alpha value is -4.80. The minimum Gasteiger partial charge on any atom is -0.508 e. The summed E-state index contributed by atoms with van der Waals surface area (Å²) in [6.07, 6.45) is 0. The lowest BCUT2D eigenvalue weighted by molar-refractivity contribution is -0.138. The van der Waals surface area contributed by atoms with E-state index in [9.17, 15) is 19.5 Å². The van der Waals surface area contributed by atoms with E-state index >= 15 is 0 Å². The molecule has 0 radical (unpaired) electrons. The molecule has 1 aliphatic rings. The van der Waals surface area contributed by atoms with Gasteiger partial charge in [-0.3, -0.25) is 15.6 Å². The van der Waals surface area contributed by atoms with Crippen molar-refractivity contribution >= 4 is 23.5 Å². The Labute approximate surface area is 212 Å². The molecule has 0 bridgehead atoms. The molecule has 0 saturated carbocycles. The number of rotatable bonds is 7. The number of nitrogens with zero attached hydrogens (tertiary/aromatic N) is 2. The molecular weight excluding hydrogens is 478 g/mol. The number of nitrogens with one attached hydrogen (secondary N) is 3. The van der Waals surface area contributed by atoms with E-state index in [0.717, 1.165) is 0 Å². The lowest BCUT2D eigenvalue weighted by Gasteiger charge is -2.30. The van der Waals surface area contributed by atoms with Gasteiger partial charge < -0.3 is 19.9 Å². The van der Waals surface area contributed by atoms with Crippen molar-refractivity contribution in [3.05, 3.63) is 81.4 Å². The van der Waals surface area contributed by atoms with Gasteiger partial charge in [0.05, 0.1) is 25.0 Å². The van der Waals surface area contributed by atoms with Crippen LogP contribution in [0, 0.1) is 0 Å². The Morgan fingerprint density at radius 3 is 2.57 bits per heavy atom. The summed E-state index contributed by atoms with van der Waals surface area (Å²) in [6, 6.07) is 12.6. The number of carbonyl (C=O) groups is 2. The number of allylic oxidation sites excluding steroid dienone is 1. The molecule has 4 rings (SSSR count). The van der Waals surface area contributed by atoms with Gasteiger partial charge in [0.25, 0.3) is 5.91 Å². The van der Waals surface area contributed by atoms with Crippen LogP contribution in [-0.4, -0.2) is 40.3 Å². The van der Waals surface area contributed by atoms with Gasteiger partial charge in [0, 0.05) is 28.8 Å². The number of esters is 1. The molecule has 4 N–H and O–H groups in total. The molecule has 0 saturated heterocycles. The van der Waals surface area contributed by atoms with Crippen LogP contribution in [0.15, 0.2) is 64.6 Å². The van der Waals surface area contributed by atoms with Crippen molar-refractivity contribution in [2.75, 3.05) is 24.5 Å². The highest BCUT2D eigenvalue weighted by Crippen LogP contribution is 2.41. The lowest BCUT2D eigenvalue weighted by Crippen LogP contribution is -2.36. The summed E-state index contributed by atoms with van der Waals surface area (Å²) in [4.78, 5) is 42.9. The van der Waals surface area contributed by atoms with Gasteiger partial charge in [-0.15, -0.1) is 0 Å². The first-order valence-electron chi connectivity index (χ1n) is 11.6. The predicted molar refractivity (Wildman–Crippen MR) is 137 cm³/mol. The van der Waals surface area contributed by atoms with Gasteiger partial charge in [-0.2, -0.15) is 4.98 Å². The fraction of sp³-hybridized carbons (Fsp3) is 0.231. The zero-order chi connectivity index (χ0) is 26.7. The van der Waals surface area contributed by atoms with Gasteiger partial charge in [0.1, 0.15) is 17.3 Å². The molecule has 0 spiro atoms. The number of carbonyl (C=O) groups excluding carboxylic acids is 2. The third kappa shape index (κ3) is 4.96. The molecule has 1 unspecified atom stereocenters. The van der Waals surface area contributed by atoms with Gasteiger partial charge in [-0.25, -0.2) is 14.2 Å². The molecule has 11 nitrogen and oxygen atoms in total. The fourth-order valence-electron chi connectivity index (χ4n) is 4.22. The van der Waals surface area contributed by atoms with Gasteiger partial charge in [-0.05, 0) is 50.2 Å². The highest BCUT2D eigenvalue weighted by atomic mass is 16.5. The smallest absolute Gasteiger partial charge is 0.355 e. The number of amides is 1. The summed E-state index contributed by atoms with van der Waals surface area (Å²) in [5.41, 5.74) is 6.68. The summed E-state index contributed by atoms with van der Waals surface area (Å²) < 4.78 is 11.7. The molecular formula is C26H27N5O6. The third-order valence-corrected chi connectivity index (χ3v) is 5.94. The lowest BCUT2D eigenvalue weighted by atomic mass is 9.89. The number of phenolic OH excluding ortho intramolecular Hbond substituents is 1. The average Bonchev–Trinajstić information content (AvgIpc) is 2.87. The van der Waals surface area contributed by atoms with E-state index in [1.165, 1.54) is 23.8 Å². The maximum absolute atomic E-state index is 13.2. The van der Waals surface area contributed by atoms with E-state index in [1.807, 2.05) is 0 Å². The topological polar surface area (TPSA) is 144 Å². The molecule has 0 fully saturated rings. The Balaban J connectivity index is 1.78. The minimum absolute atomic E-state index is 0.0320. The fourth-order valence-corrected chi connectivity index (χ4v) is 4.22. The van der Waals surface area contributed by atoms with E-state index in [-0.39, 0.29) is 18.2 Å². The summed E-state index contributed by atoms with van der Waals surface area (Å²) in [7, 11) is 1.53. The van der Waals surface area contributed by atoms with Crippen molar-refractivity contribution in [2.24, 2.45) is 0 Å². The number of hydrogen-bond donors (Lipinski definition) is 4.